The number of benzene rings is 7. The highest BCUT2D eigenvalue weighted by atomic mass is 32.5. The van der Waals surface area contributed by atoms with Crippen molar-refractivity contribution in [2.75, 3.05) is 0 Å². The number of rotatable bonds is 15. The van der Waals surface area contributed by atoms with Crippen LogP contribution in [0.5, 0.6) is 5.75 Å². The van der Waals surface area contributed by atoms with Gasteiger partial charge in [-0.1, -0.05) is 150 Å². The summed E-state index contributed by atoms with van der Waals surface area (Å²) in [6.07, 6.45) is -3.65. The summed E-state index contributed by atoms with van der Waals surface area (Å²) in [7, 11) is -17.4. The van der Waals surface area contributed by atoms with Gasteiger partial charge in [-0.15, -0.1) is 13.2 Å². The molecule has 0 saturated carbocycles. The predicted octanol–water partition coefficient (Wildman–Crippen LogP) is 31.9. The molecule has 0 saturated heterocycles. The maximum atomic E-state index is 13.6. The van der Waals surface area contributed by atoms with Crippen molar-refractivity contribution in [3.05, 3.63) is 250 Å². The SMILES string of the molecule is CC(C)c1c(F)c(F)c(S(=O)(=O)C(F)(F)F)c(F)c1F.CC(C)c1c(F)c(F)c(S(F)(F)(F)(F)F)c(F)c1F.CC(C)c1c(F)c(F)c(SC(F)(F)F)c(F)c1F.CC(C)c1cc(F)c(C#N)c(F)c1.CC(C)c1cc(F)c(F)c(F)c1.CC(C)c1cc(F)nc(F)c1.CC(C)c1ccc(OC(F)(F)F)c(F)c1.CCCCc1c(F)c(F)c(C(C)C)c(F)c1F. The summed E-state index contributed by atoms with van der Waals surface area (Å²) in [5.41, 5.74) is -13.8. The molecule has 0 unspecified atom stereocenters. The van der Waals surface area contributed by atoms with Crippen molar-refractivity contribution in [3.63, 3.8) is 0 Å². The van der Waals surface area contributed by atoms with E-state index in [1.54, 1.807) is 13.8 Å². The molecule has 0 bridgehead atoms. The first-order valence-electron chi connectivity index (χ1n) is 35.5. The minimum absolute atomic E-state index is 0.00500. The number of nitrogens with zero attached hydrogens (tertiary/aromatic N) is 2. The van der Waals surface area contributed by atoms with Gasteiger partial charge in [0, 0.05) is 27.8 Å². The zero-order valence-corrected chi connectivity index (χ0v) is 70.1. The zero-order valence-electron chi connectivity index (χ0n) is 67.6. The van der Waals surface area contributed by atoms with Gasteiger partial charge in [-0.3, -0.25) is 0 Å². The molecule has 1 heterocycles. The Balaban J connectivity index is 0.000000719. The molecule has 0 aliphatic heterocycles. The van der Waals surface area contributed by atoms with Gasteiger partial charge in [-0.05, 0) is 143 Å². The fourth-order valence-corrected chi connectivity index (χ4v) is 12.2. The largest absolute Gasteiger partial charge is 0.573 e. The molecule has 7 aromatic carbocycles. The molecule has 46 heteroatoms. The second-order valence-electron chi connectivity index (χ2n) is 28.5. The van der Waals surface area contributed by atoms with Gasteiger partial charge in [0.1, 0.15) is 23.3 Å². The highest BCUT2D eigenvalue weighted by molar-refractivity contribution is 8.45. The number of hydrogen-bond donors (Lipinski definition) is 0. The normalized spacial score (nSPS) is 12.4. The van der Waals surface area contributed by atoms with Gasteiger partial charge in [-0.2, -0.15) is 45.4 Å². The lowest BCUT2D eigenvalue weighted by atomic mass is 9.97. The summed E-state index contributed by atoms with van der Waals surface area (Å²) in [5.74, 6) is -45.6. The maximum absolute atomic E-state index is 13.6. The number of aromatic nitrogens is 1. The summed E-state index contributed by atoms with van der Waals surface area (Å²) in [6.45, 7) is 26.3. The van der Waals surface area contributed by atoms with Crippen LogP contribution < -0.4 is 4.74 Å². The average molecular weight is 1920 g/mol. The van der Waals surface area contributed by atoms with Crippen LogP contribution in [0.1, 0.15) is 234 Å². The number of ether oxygens (including phenoxy) is 1. The minimum atomic E-state index is -10.9. The van der Waals surface area contributed by atoms with Crippen LogP contribution in [0.4, 0.5) is 164 Å². The van der Waals surface area contributed by atoms with Crippen molar-refractivity contribution in [3.8, 4) is 11.8 Å². The van der Waals surface area contributed by atoms with Crippen molar-refractivity contribution in [1.29, 1.82) is 5.26 Å². The van der Waals surface area contributed by atoms with E-state index in [-0.39, 0.29) is 30.1 Å². The second kappa shape index (κ2) is 44.1. The van der Waals surface area contributed by atoms with Crippen LogP contribution in [0.15, 0.2) is 69.3 Å². The van der Waals surface area contributed by atoms with Gasteiger partial charge in [0.25, 0.3) is 9.84 Å². The molecular formula is C79H74F38N2O3S3. The number of unbranched alkanes of at least 4 members (excludes halogenated alkanes) is 1. The number of thioether (sulfide) groups is 1. The zero-order chi connectivity index (χ0) is 98.3. The van der Waals surface area contributed by atoms with Crippen molar-refractivity contribution in [2.24, 2.45) is 0 Å². The fraction of sp³-hybridized carbons (Fsp3) is 0.392. The van der Waals surface area contributed by atoms with Crippen molar-refractivity contribution >= 4 is 31.8 Å². The molecule has 0 aliphatic rings. The molecule has 0 fully saturated rings. The lowest BCUT2D eigenvalue weighted by molar-refractivity contribution is -0.275. The topological polar surface area (TPSA) is 80.0 Å². The van der Waals surface area contributed by atoms with Gasteiger partial charge in [0.2, 0.25) is 11.9 Å². The van der Waals surface area contributed by atoms with E-state index < -0.39 is 267 Å². The molecule has 1 aromatic heterocycles. The number of nitriles is 1. The Kier molecular flexibility index (Phi) is 40.2. The monoisotopic (exact) mass is 1920 g/mol. The standard InChI is InChI=1S/C13H16F4.C10H7F7O2S.C10H7F7S.C10H10F4O.C10H9F2N.C9H7F9S.C9H9F3.C8H9F2N/c1-4-5-6-8-10(14)12(16)9(7(2)3)13(17)11(8)15;1-3(2)4-5(11)7(13)9(8(14)6(4)12)20(18,19)10(15,16)17;1-3(2)4-5(11)7(13)9(8(14)6(4)12)18-10(15,16)17;1-6(2)7-3-4-9(8(11)5-7)15-10(12,13)14;1-6(2)7-3-9(11)8(5-13)10(12)4-7;1-3(2)4-5(10)7(12)9(8(13)6(4)11)19(14,15,16,17)18;1-5(2)6-3-7(10)9(12)8(11)4-6;1-5(2)6-3-7(9)11-8(10)4-6/h7H,4-6H2,1-3H3;3H,1-2H3;3H,1-2H3;3-6H,1-2H3;3-4,6H,1-2H3;3H,1-2H3;3-5H,1-2H3;3-5H,1-2H3. The van der Waals surface area contributed by atoms with E-state index in [0.29, 0.717) is 35.1 Å². The van der Waals surface area contributed by atoms with Crippen molar-refractivity contribution < 1.29 is 177 Å². The molecule has 8 aromatic rings. The van der Waals surface area contributed by atoms with E-state index in [1.807, 2.05) is 48.5 Å². The van der Waals surface area contributed by atoms with Gasteiger partial charge in [0.05, 0.1) is 4.90 Å². The van der Waals surface area contributed by atoms with E-state index in [0.717, 1.165) is 52.0 Å². The van der Waals surface area contributed by atoms with Crippen LogP contribution >= 0.6 is 22.0 Å². The van der Waals surface area contributed by atoms with Crippen molar-refractivity contribution in [2.45, 2.75) is 216 Å². The summed E-state index contributed by atoms with van der Waals surface area (Å²) >= 11 is -1.23. The molecule has 0 atom stereocenters. The highest BCUT2D eigenvalue weighted by Gasteiger charge is 2.70. The second-order valence-corrected chi connectivity index (χ2v) is 33.8. The molecular weight excluding hydrogens is 1840 g/mol. The first kappa shape index (κ1) is 114. The Morgan fingerprint density at radius 3 is 0.952 bits per heavy atom. The quantitative estimate of drug-likeness (QED) is 0.0334. The molecule has 0 radical (unpaired) electrons. The first-order valence-corrected chi connectivity index (χ1v) is 39.8. The number of sulfone groups is 1. The van der Waals surface area contributed by atoms with Crippen LogP contribution in [0.2, 0.25) is 0 Å². The molecule has 0 amide bonds. The summed E-state index contributed by atoms with van der Waals surface area (Å²) < 4.78 is 511. The van der Waals surface area contributed by atoms with Crippen LogP contribution in [0, 0.1) is 151 Å². The predicted molar refractivity (Wildman–Crippen MR) is 388 cm³/mol. The molecule has 0 spiro atoms. The van der Waals surface area contributed by atoms with Crippen LogP contribution in [0.25, 0.3) is 0 Å². The Labute approximate surface area is 695 Å². The molecule has 702 valence electrons. The molecule has 0 N–H and O–H groups in total. The number of alkyl halides is 9. The third-order valence-electron chi connectivity index (χ3n) is 16.2. The molecule has 0 aliphatic carbocycles. The van der Waals surface area contributed by atoms with E-state index >= 15 is 0 Å². The van der Waals surface area contributed by atoms with E-state index in [4.69, 9.17) is 5.26 Å². The number of halogens is 38. The fourth-order valence-electron chi connectivity index (χ4n) is 9.92. The third kappa shape index (κ3) is 31.2. The average Bonchev–Trinajstić information content (AvgIpc) is 0.698. The van der Waals surface area contributed by atoms with Gasteiger partial charge in [0.15, 0.2) is 132 Å². The molecule has 5 nitrogen and oxygen atoms in total. The Morgan fingerprint density at radius 2 is 0.680 bits per heavy atom. The summed E-state index contributed by atoms with van der Waals surface area (Å²) in [5, 5.41) is 8.40. The lowest BCUT2D eigenvalue weighted by Gasteiger charge is -2.40. The van der Waals surface area contributed by atoms with Crippen LogP contribution in [-0.4, -0.2) is 30.8 Å². The Bertz CT molecular complexity index is 5070. The summed E-state index contributed by atoms with van der Waals surface area (Å²) in [6, 6.07) is 11.8. The maximum Gasteiger partial charge on any atom is 0.573 e. The van der Waals surface area contributed by atoms with Gasteiger partial charge < -0.3 is 4.74 Å². The molecule has 8 rings (SSSR count). The number of hydrogen-bond acceptors (Lipinski definition) is 6. The highest BCUT2D eigenvalue weighted by Crippen LogP contribution is 3.02. The van der Waals surface area contributed by atoms with Crippen LogP contribution in [-0.2, 0) is 16.3 Å². The van der Waals surface area contributed by atoms with E-state index in [9.17, 15) is 173 Å². The number of pyridine rings is 1. The van der Waals surface area contributed by atoms with Gasteiger partial charge >= 0.3 is 27.6 Å². The minimum Gasteiger partial charge on any atom is -0.403 e. The van der Waals surface area contributed by atoms with Gasteiger partial charge in [-0.25, -0.2) is 105 Å². The smallest absolute Gasteiger partial charge is 0.403 e. The van der Waals surface area contributed by atoms with E-state index in [1.165, 1.54) is 64.1 Å². The lowest BCUT2D eigenvalue weighted by Crippen LogP contribution is -2.27. The summed E-state index contributed by atoms with van der Waals surface area (Å²) in [4.78, 5) is -5.21. The first-order chi connectivity index (χ1) is 56.3. The van der Waals surface area contributed by atoms with Crippen LogP contribution in [0.3, 0.4) is 0 Å². The Hall–Kier alpha value is -9.03. The third-order valence-corrected chi connectivity index (χ3v) is 19.7. The molecule has 125 heavy (non-hydrogen) atoms. The Morgan fingerprint density at radius 1 is 0.384 bits per heavy atom. The van der Waals surface area contributed by atoms with E-state index in [2.05, 4.69) is 9.72 Å². The van der Waals surface area contributed by atoms with Crippen molar-refractivity contribution in [1.82, 2.24) is 4.98 Å².